The van der Waals surface area contributed by atoms with E-state index in [0.717, 1.165) is 11.3 Å². The van der Waals surface area contributed by atoms with Crippen LogP contribution in [0.15, 0.2) is 59.7 Å². The molecular formula is C14H12F2N2O. The van der Waals surface area contributed by atoms with Gasteiger partial charge in [0.2, 0.25) is 0 Å². The standard InChI is InChI=1S/C14H12F2N2O/c15-14(16)19-13-8-6-11(7-9-13)10-17-18-12-4-2-1-3-5-12/h1-10,14,18H. The molecule has 0 aromatic heterocycles. The number of nitrogens with zero attached hydrogens (tertiary/aromatic N) is 1. The summed E-state index contributed by atoms with van der Waals surface area (Å²) in [6.07, 6.45) is 1.60. The Morgan fingerprint density at radius 3 is 2.32 bits per heavy atom. The van der Waals surface area contributed by atoms with Crippen LogP contribution in [0, 0.1) is 0 Å². The first kappa shape index (κ1) is 13.0. The van der Waals surface area contributed by atoms with E-state index in [1.807, 2.05) is 30.3 Å². The van der Waals surface area contributed by atoms with E-state index in [1.165, 1.54) is 12.1 Å². The fraction of sp³-hybridized carbons (Fsp3) is 0.0714. The molecule has 0 aliphatic carbocycles. The molecule has 2 rings (SSSR count). The Labute approximate surface area is 109 Å². The number of hydrogen-bond acceptors (Lipinski definition) is 3. The lowest BCUT2D eigenvalue weighted by molar-refractivity contribution is -0.0498. The quantitative estimate of drug-likeness (QED) is 0.658. The van der Waals surface area contributed by atoms with Gasteiger partial charge in [0.1, 0.15) is 5.75 Å². The van der Waals surface area contributed by atoms with Crippen LogP contribution in [0.25, 0.3) is 0 Å². The number of ether oxygens (including phenoxy) is 1. The second kappa shape index (κ2) is 6.49. The maximum absolute atomic E-state index is 12.0. The molecule has 2 aromatic carbocycles. The highest BCUT2D eigenvalue weighted by Crippen LogP contribution is 2.14. The number of alkyl halides is 2. The molecule has 0 amide bonds. The van der Waals surface area contributed by atoms with Gasteiger partial charge in [-0.15, -0.1) is 0 Å². The van der Waals surface area contributed by atoms with Gasteiger partial charge in [-0.3, -0.25) is 5.43 Å². The third-order valence-electron chi connectivity index (χ3n) is 2.29. The highest BCUT2D eigenvalue weighted by atomic mass is 19.3. The van der Waals surface area contributed by atoms with Gasteiger partial charge < -0.3 is 4.74 Å². The Kier molecular flexibility index (Phi) is 4.44. The van der Waals surface area contributed by atoms with Crippen molar-refractivity contribution >= 4 is 11.9 Å². The van der Waals surface area contributed by atoms with Gasteiger partial charge in [-0.05, 0) is 42.0 Å². The van der Waals surface area contributed by atoms with Crippen molar-refractivity contribution in [2.24, 2.45) is 5.10 Å². The van der Waals surface area contributed by atoms with Crippen LogP contribution in [0.2, 0.25) is 0 Å². The Bertz CT molecular complexity index is 527. The van der Waals surface area contributed by atoms with Gasteiger partial charge in [0.05, 0.1) is 11.9 Å². The molecule has 0 heterocycles. The summed E-state index contributed by atoms with van der Waals surface area (Å²) in [4.78, 5) is 0. The number of hydrogen-bond donors (Lipinski definition) is 1. The number of halogens is 2. The predicted molar refractivity (Wildman–Crippen MR) is 70.7 cm³/mol. The molecule has 0 aliphatic rings. The average molecular weight is 262 g/mol. The highest BCUT2D eigenvalue weighted by molar-refractivity contribution is 5.80. The van der Waals surface area contributed by atoms with Crippen LogP contribution in [0.5, 0.6) is 5.75 Å². The molecular weight excluding hydrogens is 250 g/mol. The van der Waals surface area contributed by atoms with E-state index in [0.29, 0.717) is 0 Å². The zero-order valence-electron chi connectivity index (χ0n) is 9.96. The highest BCUT2D eigenvalue weighted by Gasteiger charge is 2.02. The topological polar surface area (TPSA) is 33.6 Å². The summed E-state index contributed by atoms with van der Waals surface area (Å²) < 4.78 is 28.2. The Balaban J connectivity index is 1.92. The minimum atomic E-state index is -2.81. The van der Waals surface area contributed by atoms with Crippen LogP contribution in [0.3, 0.4) is 0 Å². The summed E-state index contributed by atoms with van der Waals surface area (Å²) >= 11 is 0. The zero-order chi connectivity index (χ0) is 13.5. The normalized spacial score (nSPS) is 10.9. The van der Waals surface area contributed by atoms with Crippen molar-refractivity contribution in [3.63, 3.8) is 0 Å². The molecule has 0 spiro atoms. The maximum atomic E-state index is 12.0. The summed E-state index contributed by atoms with van der Waals surface area (Å²) in [5, 5.41) is 4.04. The van der Waals surface area contributed by atoms with E-state index in [1.54, 1.807) is 18.3 Å². The van der Waals surface area contributed by atoms with Crippen molar-refractivity contribution in [2.45, 2.75) is 6.61 Å². The summed E-state index contributed by atoms with van der Waals surface area (Å²) in [5.41, 5.74) is 4.51. The third kappa shape index (κ3) is 4.39. The number of para-hydroxylation sites is 1. The fourth-order valence-corrected chi connectivity index (χ4v) is 1.43. The van der Waals surface area contributed by atoms with Crippen molar-refractivity contribution in [3.8, 4) is 5.75 Å². The van der Waals surface area contributed by atoms with E-state index < -0.39 is 6.61 Å². The lowest BCUT2D eigenvalue weighted by Gasteiger charge is -2.03. The molecule has 19 heavy (non-hydrogen) atoms. The summed E-state index contributed by atoms with van der Waals surface area (Å²) in [6.45, 7) is -2.81. The van der Waals surface area contributed by atoms with Crippen LogP contribution in [-0.2, 0) is 0 Å². The molecule has 98 valence electrons. The first-order valence-corrected chi connectivity index (χ1v) is 5.63. The van der Waals surface area contributed by atoms with E-state index in [9.17, 15) is 8.78 Å². The molecule has 0 unspecified atom stereocenters. The fourth-order valence-electron chi connectivity index (χ4n) is 1.43. The van der Waals surface area contributed by atoms with Gasteiger partial charge >= 0.3 is 6.61 Å². The lowest BCUT2D eigenvalue weighted by Crippen LogP contribution is -2.01. The predicted octanol–water partition coefficient (Wildman–Crippen LogP) is 3.73. The SMILES string of the molecule is FC(F)Oc1ccc(C=NNc2ccccc2)cc1. The first-order chi connectivity index (χ1) is 9.24. The molecule has 1 N–H and O–H groups in total. The smallest absolute Gasteiger partial charge is 0.387 e. The minimum absolute atomic E-state index is 0.128. The van der Waals surface area contributed by atoms with Crippen LogP contribution < -0.4 is 10.2 Å². The van der Waals surface area contributed by atoms with Crippen molar-refractivity contribution in [1.82, 2.24) is 0 Å². The second-order valence-corrected chi connectivity index (χ2v) is 3.68. The lowest BCUT2D eigenvalue weighted by atomic mass is 10.2. The number of hydrazone groups is 1. The van der Waals surface area contributed by atoms with Crippen LogP contribution >= 0.6 is 0 Å². The molecule has 0 saturated heterocycles. The van der Waals surface area contributed by atoms with Crippen molar-refractivity contribution in [3.05, 3.63) is 60.2 Å². The monoisotopic (exact) mass is 262 g/mol. The number of rotatable bonds is 5. The number of nitrogens with one attached hydrogen (secondary N) is 1. The van der Waals surface area contributed by atoms with E-state index in [2.05, 4.69) is 15.3 Å². The number of anilines is 1. The molecule has 5 heteroatoms. The molecule has 2 aromatic rings. The molecule has 0 fully saturated rings. The average Bonchev–Trinajstić information content (AvgIpc) is 2.41. The van der Waals surface area contributed by atoms with Gasteiger partial charge in [-0.1, -0.05) is 18.2 Å². The van der Waals surface area contributed by atoms with Crippen molar-refractivity contribution in [2.75, 3.05) is 5.43 Å². The van der Waals surface area contributed by atoms with E-state index >= 15 is 0 Å². The van der Waals surface area contributed by atoms with Gasteiger partial charge in [0, 0.05) is 0 Å². The zero-order valence-corrected chi connectivity index (χ0v) is 9.96. The Morgan fingerprint density at radius 1 is 1.00 bits per heavy atom. The van der Waals surface area contributed by atoms with Gasteiger partial charge in [0.15, 0.2) is 0 Å². The van der Waals surface area contributed by atoms with Crippen LogP contribution in [0.4, 0.5) is 14.5 Å². The molecule has 0 atom stereocenters. The second-order valence-electron chi connectivity index (χ2n) is 3.68. The molecule has 0 radical (unpaired) electrons. The maximum Gasteiger partial charge on any atom is 0.387 e. The van der Waals surface area contributed by atoms with E-state index in [-0.39, 0.29) is 5.75 Å². The van der Waals surface area contributed by atoms with Crippen molar-refractivity contribution in [1.29, 1.82) is 0 Å². The van der Waals surface area contributed by atoms with Crippen LogP contribution in [0.1, 0.15) is 5.56 Å². The Morgan fingerprint density at radius 2 is 1.68 bits per heavy atom. The minimum Gasteiger partial charge on any atom is -0.435 e. The largest absolute Gasteiger partial charge is 0.435 e. The summed E-state index contributed by atoms with van der Waals surface area (Å²) in [7, 11) is 0. The summed E-state index contributed by atoms with van der Waals surface area (Å²) in [6, 6.07) is 15.7. The van der Waals surface area contributed by atoms with Gasteiger partial charge in [0.25, 0.3) is 0 Å². The van der Waals surface area contributed by atoms with E-state index in [4.69, 9.17) is 0 Å². The van der Waals surface area contributed by atoms with Gasteiger partial charge in [-0.2, -0.15) is 13.9 Å². The molecule has 0 saturated carbocycles. The third-order valence-corrected chi connectivity index (χ3v) is 2.29. The first-order valence-electron chi connectivity index (χ1n) is 5.63. The molecule has 0 bridgehead atoms. The van der Waals surface area contributed by atoms with Crippen LogP contribution in [-0.4, -0.2) is 12.8 Å². The van der Waals surface area contributed by atoms with Crippen molar-refractivity contribution < 1.29 is 13.5 Å². The Hall–Kier alpha value is -2.43. The molecule has 3 nitrogen and oxygen atoms in total. The number of benzene rings is 2. The summed E-state index contributed by atoms with van der Waals surface area (Å²) in [5.74, 6) is 0.128. The van der Waals surface area contributed by atoms with Gasteiger partial charge in [-0.25, -0.2) is 0 Å². The molecule has 0 aliphatic heterocycles.